The van der Waals surface area contributed by atoms with Gasteiger partial charge in [-0.1, -0.05) is 64.8 Å². The Morgan fingerprint density at radius 2 is 0.917 bits per heavy atom. The summed E-state index contributed by atoms with van der Waals surface area (Å²) in [5.41, 5.74) is 0. The minimum absolute atomic E-state index is 0.381. The van der Waals surface area contributed by atoms with Gasteiger partial charge in [0.15, 0.2) is 0 Å². The molecule has 0 saturated carbocycles. The van der Waals surface area contributed by atoms with Crippen LogP contribution in [-0.4, -0.2) is 67.0 Å². The van der Waals surface area contributed by atoms with Gasteiger partial charge in [0.1, 0.15) is 0 Å². The Morgan fingerprint density at radius 1 is 0.500 bits per heavy atom. The molecule has 0 fully saturated rings. The van der Waals surface area contributed by atoms with Gasteiger partial charge >= 0.3 is 0 Å². The zero-order valence-electron chi connectivity index (χ0n) is 13.1. The van der Waals surface area contributed by atoms with Crippen molar-refractivity contribution < 1.29 is 0 Å². The SMILES string of the molecule is SCC(S)CSSCC(S)CSSC(CS)CSSCC(S)CS. The number of hydrogen-bond acceptors (Lipinski definition) is 12. The van der Waals surface area contributed by atoms with E-state index in [0.717, 1.165) is 46.0 Å². The molecular weight excluding hydrogens is 529 g/mol. The largest absolute Gasteiger partial charge is 0.178 e. The Hall–Kier alpha value is 4.20. The van der Waals surface area contributed by atoms with Crippen LogP contribution in [0.5, 0.6) is 0 Å². The minimum Gasteiger partial charge on any atom is -0.178 e. The topological polar surface area (TPSA) is 0 Å². The lowest BCUT2D eigenvalue weighted by Gasteiger charge is -2.15. The molecule has 0 aromatic rings. The van der Waals surface area contributed by atoms with E-state index < -0.39 is 0 Å². The number of thiol groups is 6. The van der Waals surface area contributed by atoms with Crippen LogP contribution in [0.3, 0.4) is 0 Å². The van der Waals surface area contributed by atoms with Crippen LogP contribution in [0.25, 0.3) is 0 Å². The lowest BCUT2D eigenvalue weighted by molar-refractivity contribution is 1.16. The predicted octanol–water partition coefficient (Wildman–Crippen LogP) is 6.18. The summed E-state index contributed by atoms with van der Waals surface area (Å²) in [5.74, 6) is 7.92. The van der Waals surface area contributed by atoms with Gasteiger partial charge in [0, 0.05) is 67.0 Å². The lowest BCUT2D eigenvalue weighted by atomic mass is 10.5. The van der Waals surface area contributed by atoms with E-state index in [1.165, 1.54) is 0 Å². The molecule has 0 bridgehead atoms. The van der Waals surface area contributed by atoms with Gasteiger partial charge < -0.3 is 0 Å². The summed E-state index contributed by atoms with van der Waals surface area (Å²) < 4.78 is 0. The first-order valence-electron chi connectivity index (χ1n) is 7.17. The summed E-state index contributed by atoms with van der Waals surface area (Å²) in [6, 6.07) is 0. The molecule has 4 unspecified atom stereocenters. The molecule has 146 valence electrons. The van der Waals surface area contributed by atoms with E-state index in [1.54, 1.807) is 0 Å². The standard InChI is InChI=1S/C12H26S12/c13-1-9(16)4-19-21-6-11(18)7-23-24-12(3-15)8-22-20-5-10(17)2-14/h9-18H,1-8H2. The number of hydrogen-bond donors (Lipinski definition) is 6. The van der Waals surface area contributed by atoms with Crippen LogP contribution < -0.4 is 0 Å². The van der Waals surface area contributed by atoms with Gasteiger partial charge in [-0.25, -0.2) is 0 Å². The van der Waals surface area contributed by atoms with Crippen molar-refractivity contribution in [1.29, 1.82) is 0 Å². The van der Waals surface area contributed by atoms with Crippen LogP contribution in [0.15, 0.2) is 0 Å². The van der Waals surface area contributed by atoms with Crippen molar-refractivity contribution in [2.75, 3.05) is 46.0 Å². The molecule has 12 heteroatoms. The Morgan fingerprint density at radius 3 is 1.38 bits per heavy atom. The fourth-order valence-electron chi connectivity index (χ4n) is 0.982. The van der Waals surface area contributed by atoms with E-state index in [9.17, 15) is 0 Å². The first-order valence-corrected chi connectivity index (χ1v) is 18.0. The highest BCUT2D eigenvalue weighted by Crippen LogP contribution is 2.35. The van der Waals surface area contributed by atoms with Crippen LogP contribution >= 0.6 is 141 Å². The Labute approximate surface area is 205 Å². The zero-order valence-corrected chi connectivity index (χ0v) is 23.4. The summed E-state index contributed by atoms with van der Waals surface area (Å²) in [7, 11) is 11.4. The van der Waals surface area contributed by atoms with Crippen LogP contribution in [0, 0.1) is 0 Å². The lowest BCUT2D eigenvalue weighted by Crippen LogP contribution is -2.09. The Bertz CT molecular complexity index is 268. The van der Waals surface area contributed by atoms with E-state index >= 15 is 0 Å². The fourth-order valence-corrected chi connectivity index (χ4v) is 12.6. The third kappa shape index (κ3) is 18.2. The summed E-state index contributed by atoms with van der Waals surface area (Å²) in [4.78, 5) is 0. The summed E-state index contributed by atoms with van der Waals surface area (Å²) in [6.45, 7) is 0. The maximum absolute atomic E-state index is 4.68. The Kier molecular flexibility index (Phi) is 24.1. The molecule has 0 aliphatic rings. The summed E-state index contributed by atoms with van der Waals surface area (Å²) in [5, 5.41) is 1.77. The maximum atomic E-state index is 4.68. The van der Waals surface area contributed by atoms with Crippen molar-refractivity contribution in [3.05, 3.63) is 0 Å². The molecule has 0 heterocycles. The molecular formula is C12H26S12. The van der Waals surface area contributed by atoms with Gasteiger partial charge in [-0.3, -0.25) is 0 Å². The molecule has 0 N–H and O–H groups in total. The van der Waals surface area contributed by atoms with Gasteiger partial charge in [-0.2, -0.15) is 75.8 Å². The molecule has 0 spiro atoms. The molecule has 4 atom stereocenters. The monoisotopic (exact) mass is 554 g/mol. The van der Waals surface area contributed by atoms with E-state index in [0.29, 0.717) is 21.0 Å². The fraction of sp³-hybridized carbons (Fsp3) is 1.00. The van der Waals surface area contributed by atoms with Crippen LogP contribution in [-0.2, 0) is 0 Å². The first kappa shape index (κ1) is 28.2. The third-order valence-corrected chi connectivity index (χ3v) is 14.8. The van der Waals surface area contributed by atoms with Gasteiger partial charge in [0.05, 0.1) is 0 Å². The molecule has 0 aromatic heterocycles. The molecule has 24 heavy (non-hydrogen) atoms. The highest BCUT2D eigenvalue weighted by molar-refractivity contribution is 8.78. The molecule has 0 nitrogen and oxygen atoms in total. The van der Waals surface area contributed by atoms with Crippen molar-refractivity contribution >= 4 is 141 Å². The molecule has 0 aliphatic carbocycles. The van der Waals surface area contributed by atoms with Crippen LogP contribution in [0.4, 0.5) is 0 Å². The van der Waals surface area contributed by atoms with Crippen molar-refractivity contribution in [2.24, 2.45) is 0 Å². The van der Waals surface area contributed by atoms with Gasteiger partial charge in [-0.05, 0) is 0 Å². The molecule has 0 radical (unpaired) electrons. The van der Waals surface area contributed by atoms with Crippen LogP contribution in [0.2, 0.25) is 0 Å². The average Bonchev–Trinajstić information content (AvgIpc) is 2.59. The Balaban J connectivity index is 3.59. The second-order valence-electron chi connectivity index (χ2n) is 4.65. The maximum Gasteiger partial charge on any atom is 0.0338 e. The van der Waals surface area contributed by atoms with Crippen molar-refractivity contribution in [3.8, 4) is 0 Å². The third-order valence-electron chi connectivity index (χ3n) is 2.29. The van der Waals surface area contributed by atoms with E-state index in [4.69, 9.17) is 0 Å². The van der Waals surface area contributed by atoms with Gasteiger partial charge in [0.2, 0.25) is 0 Å². The normalized spacial score (nSPS) is 16.8. The highest BCUT2D eigenvalue weighted by Gasteiger charge is 2.12. The highest BCUT2D eigenvalue weighted by atomic mass is 33.1. The van der Waals surface area contributed by atoms with E-state index in [-0.39, 0.29) is 0 Å². The van der Waals surface area contributed by atoms with Crippen molar-refractivity contribution in [1.82, 2.24) is 0 Å². The predicted molar refractivity (Wildman–Crippen MR) is 154 cm³/mol. The quantitative estimate of drug-likeness (QED) is 0.0716. The van der Waals surface area contributed by atoms with E-state index in [1.807, 2.05) is 64.8 Å². The second kappa shape index (κ2) is 20.5. The van der Waals surface area contributed by atoms with E-state index in [2.05, 4.69) is 75.8 Å². The molecule has 0 amide bonds. The smallest absolute Gasteiger partial charge is 0.0338 e. The average molecular weight is 555 g/mol. The van der Waals surface area contributed by atoms with Crippen molar-refractivity contribution in [3.63, 3.8) is 0 Å². The summed E-state index contributed by atoms with van der Waals surface area (Å²) >= 11 is 26.5. The van der Waals surface area contributed by atoms with Crippen molar-refractivity contribution in [2.45, 2.75) is 21.0 Å². The minimum atomic E-state index is 0.381. The number of rotatable bonds is 17. The molecule has 0 aliphatic heterocycles. The first-order chi connectivity index (χ1) is 11.5. The zero-order chi connectivity index (χ0) is 18.2. The second-order valence-corrected chi connectivity index (χ2v) is 15.8. The summed E-state index contributed by atoms with van der Waals surface area (Å²) in [6.07, 6.45) is 0. The molecule has 0 aromatic carbocycles. The van der Waals surface area contributed by atoms with Gasteiger partial charge in [-0.15, -0.1) is 0 Å². The van der Waals surface area contributed by atoms with Crippen LogP contribution in [0.1, 0.15) is 0 Å². The van der Waals surface area contributed by atoms with Gasteiger partial charge in [0.25, 0.3) is 0 Å². The molecule has 0 saturated heterocycles. The molecule has 0 rings (SSSR count).